The van der Waals surface area contributed by atoms with Gasteiger partial charge < -0.3 is 10.6 Å². The molecular weight excluding hydrogens is 272 g/mol. The van der Waals surface area contributed by atoms with E-state index in [1.165, 1.54) is 6.42 Å². The second kappa shape index (κ2) is 7.65. The maximum Gasteiger partial charge on any atom is 0.254 e. The van der Waals surface area contributed by atoms with Crippen LogP contribution in [0.2, 0.25) is 0 Å². The van der Waals surface area contributed by atoms with E-state index in [1.807, 2.05) is 36.1 Å². The van der Waals surface area contributed by atoms with Crippen LogP contribution in [0.3, 0.4) is 0 Å². The maximum atomic E-state index is 12.8. The summed E-state index contributed by atoms with van der Waals surface area (Å²) in [4.78, 5) is 14.8. The molecular formula is C16H25ClN2O. The largest absolute Gasteiger partial charge is 0.334 e. The van der Waals surface area contributed by atoms with Gasteiger partial charge in [-0.2, -0.15) is 0 Å². The van der Waals surface area contributed by atoms with Crippen LogP contribution < -0.4 is 5.73 Å². The van der Waals surface area contributed by atoms with Crippen molar-refractivity contribution in [2.75, 3.05) is 6.54 Å². The summed E-state index contributed by atoms with van der Waals surface area (Å²) in [6.45, 7) is 4.93. The summed E-state index contributed by atoms with van der Waals surface area (Å²) in [5.74, 6) is 0.152. The van der Waals surface area contributed by atoms with E-state index < -0.39 is 0 Å². The number of nitrogens with two attached hydrogens (primary N) is 1. The normalized spacial score (nSPS) is 20.1. The Bertz CT molecular complexity index is 448. The van der Waals surface area contributed by atoms with Gasteiger partial charge in [-0.3, -0.25) is 4.79 Å². The molecule has 1 aromatic rings. The zero-order chi connectivity index (χ0) is 13.8. The van der Waals surface area contributed by atoms with Crippen molar-refractivity contribution in [1.29, 1.82) is 0 Å². The maximum absolute atomic E-state index is 12.8. The lowest BCUT2D eigenvalue weighted by atomic mass is 9.95. The molecule has 1 amide bonds. The fourth-order valence-corrected chi connectivity index (χ4v) is 2.95. The molecule has 20 heavy (non-hydrogen) atoms. The van der Waals surface area contributed by atoms with Crippen LogP contribution in [-0.4, -0.2) is 29.4 Å². The summed E-state index contributed by atoms with van der Waals surface area (Å²) in [7, 11) is 0. The molecule has 0 aliphatic carbocycles. The fraction of sp³-hybridized carbons (Fsp3) is 0.562. The van der Waals surface area contributed by atoms with E-state index in [9.17, 15) is 4.79 Å². The zero-order valence-corrected chi connectivity index (χ0v) is 13.2. The summed E-state index contributed by atoms with van der Waals surface area (Å²) in [5.41, 5.74) is 8.02. The van der Waals surface area contributed by atoms with Crippen molar-refractivity contribution >= 4 is 18.3 Å². The summed E-state index contributed by atoms with van der Waals surface area (Å²) in [5, 5.41) is 0. The van der Waals surface area contributed by atoms with Crippen molar-refractivity contribution < 1.29 is 4.79 Å². The Labute approximate surface area is 127 Å². The van der Waals surface area contributed by atoms with Gasteiger partial charge in [-0.15, -0.1) is 12.4 Å². The van der Waals surface area contributed by atoms with Gasteiger partial charge in [0, 0.05) is 24.2 Å². The minimum atomic E-state index is 0. The molecule has 0 radical (unpaired) electrons. The van der Waals surface area contributed by atoms with E-state index in [-0.39, 0.29) is 30.4 Å². The zero-order valence-electron chi connectivity index (χ0n) is 12.3. The number of rotatable bonds is 3. The van der Waals surface area contributed by atoms with E-state index >= 15 is 0 Å². The first-order valence-corrected chi connectivity index (χ1v) is 7.29. The number of hydrogen-bond donors (Lipinski definition) is 1. The number of carbonyl (C=O) groups excluding carboxylic acids is 1. The Balaban J connectivity index is 0.00000200. The molecule has 3 nitrogen and oxygen atoms in total. The van der Waals surface area contributed by atoms with E-state index in [4.69, 9.17) is 5.73 Å². The predicted molar refractivity (Wildman–Crippen MR) is 85.4 cm³/mol. The van der Waals surface area contributed by atoms with Crippen molar-refractivity contribution in [3.05, 3.63) is 35.4 Å². The topological polar surface area (TPSA) is 46.3 Å². The van der Waals surface area contributed by atoms with E-state index in [2.05, 4.69) is 6.92 Å². The summed E-state index contributed by atoms with van der Waals surface area (Å²) in [6.07, 6.45) is 4.17. The number of nitrogens with zero attached hydrogens (tertiary/aromatic N) is 1. The highest BCUT2D eigenvalue weighted by molar-refractivity contribution is 5.96. The minimum absolute atomic E-state index is 0. The SMILES string of the molecule is CCc1ccccc1C(=O)N1CCCCC1C(C)N.Cl. The Morgan fingerprint density at radius 2 is 2.10 bits per heavy atom. The lowest BCUT2D eigenvalue weighted by Crippen LogP contribution is -2.51. The van der Waals surface area contributed by atoms with Gasteiger partial charge in [-0.25, -0.2) is 0 Å². The monoisotopic (exact) mass is 296 g/mol. The Morgan fingerprint density at radius 1 is 1.40 bits per heavy atom. The second-order valence-electron chi connectivity index (χ2n) is 5.43. The molecule has 2 rings (SSSR count). The number of amides is 1. The molecule has 2 unspecified atom stereocenters. The highest BCUT2D eigenvalue weighted by Crippen LogP contribution is 2.23. The fourth-order valence-electron chi connectivity index (χ4n) is 2.95. The van der Waals surface area contributed by atoms with Gasteiger partial charge in [-0.1, -0.05) is 25.1 Å². The number of likely N-dealkylation sites (tertiary alicyclic amines) is 1. The first-order chi connectivity index (χ1) is 9.15. The van der Waals surface area contributed by atoms with Gasteiger partial charge >= 0.3 is 0 Å². The smallest absolute Gasteiger partial charge is 0.254 e. The van der Waals surface area contributed by atoms with Crippen molar-refractivity contribution in [2.45, 2.75) is 51.6 Å². The molecule has 1 aromatic carbocycles. The summed E-state index contributed by atoms with van der Waals surface area (Å²) in [6, 6.07) is 8.14. The molecule has 4 heteroatoms. The average Bonchev–Trinajstić information content (AvgIpc) is 2.46. The van der Waals surface area contributed by atoms with Crippen molar-refractivity contribution in [3.8, 4) is 0 Å². The van der Waals surface area contributed by atoms with Crippen molar-refractivity contribution in [1.82, 2.24) is 4.90 Å². The molecule has 112 valence electrons. The number of aryl methyl sites for hydroxylation is 1. The minimum Gasteiger partial charge on any atom is -0.334 e. The van der Waals surface area contributed by atoms with Crippen LogP contribution in [0.15, 0.2) is 24.3 Å². The number of halogens is 1. The van der Waals surface area contributed by atoms with Gasteiger partial charge in [-0.05, 0) is 44.2 Å². The quantitative estimate of drug-likeness (QED) is 0.932. The highest BCUT2D eigenvalue weighted by Gasteiger charge is 2.30. The molecule has 1 aliphatic rings. The Hall–Kier alpha value is -1.06. The van der Waals surface area contributed by atoms with Crippen LogP contribution in [0.25, 0.3) is 0 Å². The number of carbonyl (C=O) groups is 1. The first kappa shape index (κ1) is 17.0. The van der Waals surface area contributed by atoms with Crippen molar-refractivity contribution in [3.63, 3.8) is 0 Å². The molecule has 0 spiro atoms. The van der Waals surface area contributed by atoms with Gasteiger partial charge in [0.1, 0.15) is 0 Å². The number of hydrogen-bond acceptors (Lipinski definition) is 2. The lowest BCUT2D eigenvalue weighted by molar-refractivity contribution is 0.0582. The molecule has 0 bridgehead atoms. The molecule has 1 heterocycles. The lowest BCUT2D eigenvalue weighted by Gasteiger charge is -2.38. The molecule has 1 saturated heterocycles. The molecule has 0 aromatic heterocycles. The van der Waals surface area contributed by atoms with Crippen LogP contribution >= 0.6 is 12.4 Å². The molecule has 0 saturated carbocycles. The predicted octanol–water partition coefficient (Wildman–Crippen LogP) is 3.01. The number of benzene rings is 1. The summed E-state index contributed by atoms with van der Waals surface area (Å²) < 4.78 is 0. The molecule has 1 aliphatic heterocycles. The van der Waals surface area contributed by atoms with Crippen LogP contribution in [-0.2, 0) is 6.42 Å². The third-order valence-corrected chi connectivity index (χ3v) is 4.05. The highest BCUT2D eigenvalue weighted by atomic mass is 35.5. The molecule has 2 N–H and O–H groups in total. The first-order valence-electron chi connectivity index (χ1n) is 7.29. The van der Waals surface area contributed by atoms with Gasteiger partial charge in [0.25, 0.3) is 5.91 Å². The number of piperidine rings is 1. The van der Waals surface area contributed by atoms with E-state index in [0.717, 1.165) is 36.9 Å². The Morgan fingerprint density at radius 3 is 2.75 bits per heavy atom. The third kappa shape index (κ3) is 3.53. The van der Waals surface area contributed by atoms with Gasteiger partial charge in [0.05, 0.1) is 0 Å². The van der Waals surface area contributed by atoms with Gasteiger partial charge in [0.2, 0.25) is 0 Å². The van der Waals surface area contributed by atoms with Crippen LogP contribution in [0.5, 0.6) is 0 Å². The van der Waals surface area contributed by atoms with Crippen LogP contribution in [0.4, 0.5) is 0 Å². The Kier molecular flexibility index (Phi) is 6.50. The van der Waals surface area contributed by atoms with Crippen LogP contribution in [0, 0.1) is 0 Å². The van der Waals surface area contributed by atoms with Crippen LogP contribution in [0.1, 0.15) is 49.0 Å². The standard InChI is InChI=1S/C16H24N2O.ClH/c1-3-13-8-4-5-9-14(13)16(19)18-11-7-6-10-15(18)12(2)17;/h4-5,8-9,12,15H,3,6-7,10-11,17H2,1-2H3;1H. The molecule has 1 fully saturated rings. The van der Waals surface area contributed by atoms with E-state index in [0.29, 0.717) is 0 Å². The van der Waals surface area contributed by atoms with E-state index in [1.54, 1.807) is 0 Å². The average molecular weight is 297 g/mol. The molecule has 2 atom stereocenters. The van der Waals surface area contributed by atoms with Gasteiger partial charge in [0.15, 0.2) is 0 Å². The summed E-state index contributed by atoms with van der Waals surface area (Å²) >= 11 is 0. The second-order valence-corrected chi connectivity index (χ2v) is 5.43. The van der Waals surface area contributed by atoms with Crippen molar-refractivity contribution in [2.24, 2.45) is 5.73 Å². The third-order valence-electron chi connectivity index (χ3n) is 4.05.